The van der Waals surface area contributed by atoms with E-state index in [0.29, 0.717) is 49.4 Å². The van der Waals surface area contributed by atoms with Crippen molar-refractivity contribution in [3.8, 4) is 5.69 Å². The quantitative estimate of drug-likeness (QED) is 0.668. The van der Waals surface area contributed by atoms with E-state index in [1.165, 1.54) is 6.07 Å². The number of aromatic nitrogens is 2. The summed E-state index contributed by atoms with van der Waals surface area (Å²) in [4.78, 5) is 14.9. The van der Waals surface area contributed by atoms with Gasteiger partial charge in [-0.3, -0.25) is 4.79 Å². The Bertz CT molecular complexity index is 1150. The van der Waals surface area contributed by atoms with Crippen molar-refractivity contribution in [2.45, 2.75) is 44.9 Å². The van der Waals surface area contributed by atoms with Gasteiger partial charge in [0.2, 0.25) is 0 Å². The highest BCUT2D eigenvalue weighted by molar-refractivity contribution is 5.99. The smallest absolute Gasteiger partial charge is 0.254 e. The second kappa shape index (κ2) is 8.48. The number of fused-ring (bicyclic) bond motifs is 1. The fourth-order valence-electron chi connectivity index (χ4n) is 4.70. The number of hydrogen-bond donors (Lipinski definition) is 1. The minimum atomic E-state index is -0.575. The molecule has 2 aliphatic heterocycles. The maximum atomic E-state index is 14.9. The van der Waals surface area contributed by atoms with Crippen LogP contribution in [-0.4, -0.2) is 51.1 Å². The molecule has 3 heterocycles. The van der Waals surface area contributed by atoms with Gasteiger partial charge in [-0.15, -0.1) is 0 Å². The molecule has 2 aromatic carbocycles. The number of benzene rings is 2. The summed E-state index contributed by atoms with van der Waals surface area (Å²) < 4.78 is 22.0. The lowest BCUT2D eigenvalue weighted by molar-refractivity contribution is -0.0528. The SMILES string of the molecule is CCc1cc2c(cc1Cc1ccc(-n3cccn3)cc1F)C(=O)N(C1COCCC1O)C2. The molecule has 0 saturated carbocycles. The predicted octanol–water partition coefficient (Wildman–Crippen LogP) is 3.27. The molecule has 0 aliphatic carbocycles. The van der Waals surface area contributed by atoms with Crippen molar-refractivity contribution in [3.05, 3.63) is 82.4 Å². The van der Waals surface area contributed by atoms with E-state index in [2.05, 4.69) is 18.1 Å². The summed E-state index contributed by atoms with van der Waals surface area (Å²) in [6, 6.07) is 10.6. The van der Waals surface area contributed by atoms with E-state index in [1.807, 2.05) is 12.1 Å². The van der Waals surface area contributed by atoms with Crippen LogP contribution < -0.4 is 0 Å². The Balaban J connectivity index is 1.43. The second-order valence-corrected chi connectivity index (χ2v) is 8.47. The molecule has 6 nitrogen and oxygen atoms in total. The van der Waals surface area contributed by atoms with Crippen LogP contribution in [0.15, 0.2) is 48.8 Å². The second-order valence-electron chi connectivity index (χ2n) is 8.47. The fraction of sp³-hybridized carbons (Fsp3) is 0.360. The molecule has 1 saturated heterocycles. The summed E-state index contributed by atoms with van der Waals surface area (Å²) in [5.74, 6) is -0.385. The van der Waals surface area contributed by atoms with Crippen molar-refractivity contribution < 1.29 is 19.0 Å². The zero-order valence-electron chi connectivity index (χ0n) is 18.0. The molecule has 1 fully saturated rings. The third kappa shape index (κ3) is 3.72. The molecule has 1 N–H and O–H groups in total. The normalized spacial score (nSPS) is 20.6. The molecule has 3 aromatic rings. The Morgan fingerprint density at radius 2 is 2.09 bits per heavy atom. The van der Waals surface area contributed by atoms with Gasteiger partial charge in [0.15, 0.2) is 0 Å². The number of aryl methyl sites for hydroxylation is 1. The summed E-state index contributed by atoms with van der Waals surface area (Å²) in [6.07, 6.45) is 4.58. The lowest BCUT2D eigenvalue weighted by Crippen LogP contribution is -2.49. The minimum Gasteiger partial charge on any atom is -0.391 e. The molecular weight excluding hydrogens is 409 g/mol. The Kier molecular flexibility index (Phi) is 5.53. The van der Waals surface area contributed by atoms with Gasteiger partial charge in [-0.1, -0.05) is 19.1 Å². The first kappa shape index (κ1) is 20.8. The van der Waals surface area contributed by atoms with Gasteiger partial charge in [-0.25, -0.2) is 9.07 Å². The van der Waals surface area contributed by atoms with Crippen LogP contribution in [0.25, 0.3) is 5.69 Å². The summed E-state index contributed by atoms with van der Waals surface area (Å²) in [6.45, 7) is 3.40. The van der Waals surface area contributed by atoms with Gasteiger partial charge < -0.3 is 14.7 Å². The van der Waals surface area contributed by atoms with Crippen molar-refractivity contribution in [2.24, 2.45) is 0 Å². The fourth-order valence-corrected chi connectivity index (χ4v) is 4.70. The van der Waals surface area contributed by atoms with Gasteiger partial charge in [0, 0.05) is 37.5 Å². The van der Waals surface area contributed by atoms with Gasteiger partial charge >= 0.3 is 0 Å². The van der Waals surface area contributed by atoms with Crippen LogP contribution in [0.4, 0.5) is 4.39 Å². The number of hydrogen-bond acceptors (Lipinski definition) is 4. The number of aliphatic hydroxyl groups excluding tert-OH is 1. The standard InChI is InChI=1S/C25H26FN3O3/c1-2-16-10-19-14-28(23-15-32-9-6-24(23)30)25(31)21(19)12-18(16)11-17-4-5-20(13-22(17)26)29-8-3-7-27-29/h3-5,7-8,10,12-13,23-24,30H,2,6,9,11,14-15H2,1H3. The summed E-state index contributed by atoms with van der Waals surface area (Å²) in [5.41, 5.74) is 4.91. The molecule has 0 bridgehead atoms. The van der Waals surface area contributed by atoms with E-state index >= 15 is 0 Å². The number of carbonyl (C=O) groups excluding carboxylic acids is 1. The van der Waals surface area contributed by atoms with Crippen LogP contribution >= 0.6 is 0 Å². The van der Waals surface area contributed by atoms with Crippen molar-refractivity contribution >= 4 is 5.91 Å². The molecule has 0 spiro atoms. The molecule has 2 aliphatic rings. The highest BCUT2D eigenvalue weighted by atomic mass is 19.1. The minimum absolute atomic E-state index is 0.0899. The Labute approximate surface area is 186 Å². The van der Waals surface area contributed by atoms with Crippen molar-refractivity contribution in [1.29, 1.82) is 0 Å². The van der Waals surface area contributed by atoms with Crippen LogP contribution in [0.5, 0.6) is 0 Å². The number of nitrogens with zero attached hydrogens (tertiary/aromatic N) is 3. The van der Waals surface area contributed by atoms with E-state index in [0.717, 1.165) is 23.1 Å². The van der Waals surface area contributed by atoms with Crippen LogP contribution in [0.1, 0.15) is 46.0 Å². The molecule has 2 unspecified atom stereocenters. The molecule has 0 radical (unpaired) electrons. The molecular formula is C25H26FN3O3. The lowest BCUT2D eigenvalue weighted by Gasteiger charge is -2.34. The average molecular weight is 435 g/mol. The number of ether oxygens (including phenoxy) is 1. The van der Waals surface area contributed by atoms with Gasteiger partial charge in [-0.05, 0) is 59.4 Å². The first-order valence-corrected chi connectivity index (χ1v) is 11.0. The number of carbonyl (C=O) groups is 1. The summed E-state index contributed by atoms with van der Waals surface area (Å²) >= 11 is 0. The maximum absolute atomic E-state index is 14.9. The third-order valence-corrected chi connectivity index (χ3v) is 6.52. The molecule has 5 rings (SSSR count). The number of amides is 1. The number of halogens is 1. The topological polar surface area (TPSA) is 67.6 Å². The summed E-state index contributed by atoms with van der Waals surface area (Å²) in [5, 5.41) is 14.5. The predicted molar refractivity (Wildman–Crippen MR) is 117 cm³/mol. The van der Waals surface area contributed by atoms with Crippen molar-refractivity contribution in [2.75, 3.05) is 13.2 Å². The van der Waals surface area contributed by atoms with Gasteiger partial charge in [-0.2, -0.15) is 5.10 Å². The largest absolute Gasteiger partial charge is 0.391 e. The third-order valence-electron chi connectivity index (χ3n) is 6.52. The Morgan fingerprint density at radius 1 is 1.22 bits per heavy atom. The van der Waals surface area contributed by atoms with Crippen molar-refractivity contribution in [3.63, 3.8) is 0 Å². The molecule has 32 heavy (non-hydrogen) atoms. The first-order chi connectivity index (χ1) is 15.5. The van der Waals surface area contributed by atoms with E-state index in [4.69, 9.17) is 4.74 Å². The van der Waals surface area contributed by atoms with Crippen LogP contribution in [0, 0.1) is 5.82 Å². The highest BCUT2D eigenvalue weighted by Gasteiger charge is 2.38. The van der Waals surface area contributed by atoms with Gasteiger partial charge in [0.1, 0.15) is 5.82 Å². The number of aliphatic hydroxyl groups is 1. The van der Waals surface area contributed by atoms with Crippen LogP contribution in [0.2, 0.25) is 0 Å². The number of rotatable bonds is 5. The molecule has 1 amide bonds. The Morgan fingerprint density at radius 3 is 2.81 bits per heavy atom. The van der Waals surface area contributed by atoms with Gasteiger partial charge in [0.05, 0.1) is 24.4 Å². The van der Waals surface area contributed by atoms with Crippen LogP contribution in [0.3, 0.4) is 0 Å². The van der Waals surface area contributed by atoms with E-state index < -0.39 is 6.10 Å². The Hall–Kier alpha value is -3.03. The van der Waals surface area contributed by atoms with E-state index in [-0.39, 0.29) is 17.8 Å². The van der Waals surface area contributed by atoms with Crippen molar-refractivity contribution in [1.82, 2.24) is 14.7 Å². The monoisotopic (exact) mass is 435 g/mol. The van der Waals surface area contributed by atoms with Crippen LogP contribution in [-0.2, 0) is 24.1 Å². The maximum Gasteiger partial charge on any atom is 0.254 e. The molecule has 1 aromatic heterocycles. The first-order valence-electron chi connectivity index (χ1n) is 11.0. The van der Waals surface area contributed by atoms with Gasteiger partial charge in [0.25, 0.3) is 5.91 Å². The highest BCUT2D eigenvalue weighted by Crippen LogP contribution is 2.31. The molecule has 2 atom stereocenters. The zero-order valence-corrected chi connectivity index (χ0v) is 18.0. The molecule has 7 heteroatoms. The van der Waals surface area contributed by atoms with E-state index in [9.17, 15) is 14.3 Å². The summed E-state index contributed by atoms with van der Waals surface area (Å²) in [7, 11) is 0. The lowest BCUT2D eigenvalue weighted by atomic mass is 9.93. The van der Waals surface area contributed by atoms with E-state index in [1.54, 1.807) is 34.1 Å². The zero-order chi connectivity index (χ0) is 22.2. The average Bonchev–Trinajstić information content (AvgIpc) is 3.44. The molecule has 166 valence electrons.